The minimum Gasteiger partial charge on any atom is -0.386 e. The van der Waals surface area contributed by atoms with E-state index in [1.54, 1.807) is 0 Å². The molecule has 0 fully saturated rings. The van der Waals surface area contributed by atoms with Gasteiger partial charge >= 0.3 is 6.18 Å². The van der Waals surface area contributed by atoms with E-state index in [2.05, 4.69) is 26.1 Å². The molecular formula is C7H8BrF3N2O. The summed E-state index contributed by atoms with van der Waals surface area (Å²) in [7, 11) is 0. The van der Waals surface area contributed by atoms with Crippen LogP contribution >= 0.6 is 15.9 Å². The summed E-state index contributed by atoms with van der Waals surface area (Å²) in [5.74, 6) is 0. The number of hydrogen-bond donors (Lipinski definition) is 2. The Bertz CT molecular complexity index is 340. The molecule has 0 aliphatic rings. The SMILES string of the molecule is CC(C)(O)c1c(C(F)(F)F)n[nH]c1Br. The second-order valence-corrected chi connectivity index (χ2v) is 4.11. The number of hydrogen-bond acceptors (Lipinski definition) is 2. The van der Waals surface area contributed by atoms with Crippen molar-refractivity contribution in [1.82, 2.24) is 10.2 Å². The van der Waals surface area contributed by atoms with Gasteiger partial charge in [0.25, 0.3) is 0 Å². The van der Waals surface area contributed by atoms with E-state index in [0.717, 1.165) is 0 Å². The van der Waals surface area contributed by atoms with Crippen molar-refractivity contribution in [3.8, 4) is 0 Å². The third-order valence-corrected chi connectivity index (χ3v) is 2.18. The van der Waals surface area contributed by atoms with E-state index in [9.17, 15) is 18.3 Å². The van der Waals surface area contributed by atoms with Crippen LogP contribution < -0.4 is 0 Å². The predicted octanol–water partition coefficient (Wildman–Crippen LogP) is 2.42. The van der Waals surface area contributed by atoms with Crippen LogP contribution in [0.15, 0.2) is 4.60 Å². The summed E-state index contributed by atoms with van der Waals surface area (Å²) in [6.07, 6.45) is -4.57. The molecule has 1 aromatic rings. The van der Waals surface area contributed by atoms with Crippen molar-refractivity contribution in [2.24, 2.45) is 0 Å². The molecule has 0 spiro atoms. The predicted molar refractivity (Wildman–Crippen MR) is 46.5 cm³/mol. The summed E-state index contributed by atoms with van der Waals surface area (Å²) in [5.41, 5.74) is -2.99. The number of aromatic nitrogens is 2. The number of nitrogens with one attached hydrogen (secondary N) is 1. The van der Waals surface area contributed by atoms with E-state index in [-0.39, 0.29) is 10.2 Å². The van der Waals surface area contributed by atoms with Crippen molar-refractivity contribution < 1.29 is 18.3 Å². The van der Waals surface area contributed by atoms with Crippen molar-refractivity contribution in [3.63, 3.8) is 0 Å². The summed E-state index contributed by atoms with van der Waals surface area (Å²) in [4.78, 5) is 0. The minimum atomic E-state index is -4.57. The molecule has 0 aromatic carbocycles. The van der Waals surface area contributed by atoms with Gasteiger partial charge in [-0.15, -0.1) is 0 Å². The highest BCUT2D eigenvalue weighted by Gasteiger charge is 2.41. The summed E-state index contributed by atoms with van der Waals surface area (Å²) < 4.78 is 37.2. The van der Waals surface area contributed by atoms with E-state index in [0.29, 0.717) is 0 Å². The Morgan fingerprint density at radius 3 is 2.14 bits per heavy atom. The number of H-pyrrole nitrogens is 1. The Labute approximate surface area is 86.4 Å². The molecule has 0 bridgehead atoms. The molecule has 80 valence electrons. The summed E-state index contributed by atoms with van der Waals surface area (Å²) in [5, 5.41) is 14.7. The van der Waals surface area contributed by atoms with E-state index >= 15 is 0 Å². The van der Waals surface area contributed by atoms with Gasteiger partial charge in [0.1, 0.15) is 4.60 Å². The van der Waals surface area contributed by atoms with Crippen molar-refractivity contribution in [3.05, 3.63) is 15.9 Å². The second-order valence-electron chi connectivity index (χ2n) is 3.32. The molecule has 2 N–H and O–H groups in total. The third kappa shape index (κ3) is 2.09. The summed E-state index contributed by atoms with van der Waals surface area (Å²) in [6, 6.07) is 0. The van der Waals surface area contributed by atoms with Gasteiger partial charge in [-0.2, -0.15) is 18.3 Å². The first-order chi connectivity index (χ1) is 6.14. The molecule has 1 aromatic heterocycles. The van der Waals surface area contributed by atoms with Crippen LogP contribution in [0.25, 0.3) is 0 Å². The highest BCUT2D eigenvalue weighted by Crippen LogP contribution is 2.38. The maximum Gasteiger partial charge on any atom is 0.435 e. The molecule has 0 atom stereocenters. The quantitative estimate of drug-likeness (QED) is 0.825. The van der Waals surface area contributed by atoms with E-state index in [1.165, 1.54) is 13.8 Å². The third-order valence-electron chi connectivity index (χ3n) is 1.60. The molecule has 0 saturated carbocycles. The lowest BCUT2D eigenvalue weighted by Crippen LogP contribution is -2.21. The van der Waals surface area contributed by atoms with Crippen LogP contribution in [0, 0.1) is 0 Å². The normalized spacial score (nSPS) is 13.4. The van der Waals surface area contributed by atoms with Crippen LogP contribution in [-0.2, 0) is 11.8 Å². The topological polar surface area (TPSA) is 48.9 Å². The lowest BCUT2D eigenvalue weighted by atomic mass is 9.99. The van der Waals surface area contributed by atoms with Crippen LogP contribution in [0.1, 0.15) is 25.1 Å². The number of nitrogens with zero attached hydrogens (tertiary/aromatic N) is 1. The number of halogens is 4. The largest absolute Gasteiger partial charge is 0.435 e. The van der Waals surface area contributed by atoms with E-state index in [1.807, 2.05) is 0 Å². The molecule has 0 aliphatic heterocycles. The van der Waals surface area contributed by atoms with Crippen LogP contribution in [0.3, 0.4) is 0 Å². The highest BCUT2D eigenvalue weighted by molar-refractivity contribution is 9.10. The average Bonchev–Trinajstić information content (AvgIpc) is 2.27. The second kappa shape index (κ2) is 3.23. The maximum atomic E-state index is 12.4. The van der Waals surface area contributed by atoms with E-state index < -0.39 is 17.5 Å². The van der Waals surface area contributed by atoms with E-state index in [4.69, 9.17) is 0 Å². The monoisotopic (exact) mass is 272 g/mol. The van der Waals surface area contributed by atoms with Gasteiger partial charge in [-0.1, -0.05) is 0 Å². The lowest BCUT2D eigenvalue weighted by Gasteiger charge is -2.18. The fraction of sp³-hybridized carbons (Fsp3) is 0.571. The molecule has 0 amide bonds. The molecule has 3 nitrogen and oxygen atoms in total. The summed E-state index contributed by atoms with van der Waals surface area (Å²) in [6.45, 7) is 2.52. The molecule has 0 saturated heterocycles. The Hall–Kier alpha value is -0.560. The number of aliphatic hydroxyl groups is 1. The molecule has 0 radical (unpaired) electrons. The van der Waals surface area contributed by atoms with Crippen LogP contribution in [0.5, 0.6) is 0 Å². The first-order valence-corrected chi connectivity index (χ1v) is 4.47. The molecule has 7 heteroatoms. The first kappa shape index (κ1) is 11.5. The zero-order valence-electron chi connectivity index (χ0n) is 7.41. The first-order valence-electron chi connectivity index (χ1n) is 3.68. The smallest absolute Gasteiger partial charge is 0.386 e. The van der Waals surface area contributed by atoms with Gasteiger partial charge in [-0.25, -0.2) is 0 Å². The molecule has 0 aliphatic carbocycles. The molecule has 14 heavy (non-hydrogen) atoms. The molecular weight excluding hydrogens is 265 g/mol. The van der Waals surface area contributed by atoms with Crippen LogP contribution in [0.2, 0.25) is 0 Å². The summed E-state index contributed by atoms with van der Waals surface area (Å²) >= 11 is 2.87. The average molecular weight is 273 g/mol. The van der Waals surface area contributed by atoms with Crippen LogP contribution in [0.4, 0.5) is 13.2 Å². The van der Waals surface area contributed by atoms with Crippen LogP contribution in [-0.4, -0.2) is 15.3 Å². The molecule has 1 heterocycles. The van der Waals surface area contributed by atoms with Gasteiger partial charge in [0.2, 0.25) is 0 Å². The van der Waals surface area contributed by atoms with Gasteiger partial charge < -0.3 is 5.11 Å². The fourth-order valence-corrected chi connectivity index (χ4v) is 1.85. The zero-order valence-corrected chi connectivity index (χ0v) is 8.99. The minimum absolute atomic E-state index is 0.0392. The highest BCUT2D eigenvalue weighted by atomic mass is 79.9. The maximum absolute atomic E-state index is 12.4. The van der Waals surface area contributed by atoms with Crippen molar-refractivity contribution in [2.45, 2.75) is 25.6 Å². The Morgan fingerprint density at radius 2 is 1.86 bits per heavy atom. The number of rotatable bonds is 1. The van der Waals surface area contributed by atoms with Gasteiger partial charge in [0.05, 0.1) is 5.60 Å². The zero-order chi connectivity index (χ0) is 11.1. The standard InChI is InChI=1S/C7H8BrF3N2O/c1-6(2,14)3-4(7(9,10)11)12-13-5(3)8/h14H,1-2H3,(H,12,13). The van der Waals surface area contributed by atoms with Crippen molar-refractivity contribution in [1.29, 1.82) is 0 Å². The van der Waals surface area contributed by atoms with Gasteiger partial charge in [-0.3, -0.25) is 5.10 Å². The van der Waals surface area contributed by atoms with Gasteiger partial charge in [0, 0.05) is 5.56 Å². The lowest BCUT2D eigenvalue weighted by molar-refractivity contribution is -0.143. The van der Waals surface area contributed by atoms with Crippen molar-refractivity contribution >= 4 is 15.9 Å². The van der Waals surface area contributed by atoms with Gasteiger partial charge in [0.15, 0.2) is 5.69 Å². The fourth-order valence-electron chi connectivity index (χ4n) is 1.08. The van der Waals surface area contributed by atoms with Gasteiger partial charge in [-0.05, 0) is 29.8 Å². The number of aromatic amines is 1. The Kier molecular flexibility index (Phi) is 2.66. The number of alkyl halides is 3. The Morgan fingerprint density at radius 1 is 1.36 bits per heavy atom. The van der Waals surface area contributed by atoms with Crippen molar-refractivity contribution in [2.75, 3.05) is 0 Å². The molecule has 1 rings (SSSR count). The molecule has 0 unspecified atom stereocenters. The Balaban J connectivity index is 3.35.